The largest absolute Gasteiger partial charge is 0.462 e. The molecular weight excluding hydrogens is 388 g/mol. The van der Waals surface area contributed by atoms with E-state index in [1.807, 2.05) is 42.5 Å². The van der Waals surface area contributed by atoms with Crippen molar-refractivity contribution in [1.82, 2.24) is 0 Å². The van der Waals surface area contributed by atoms with Gasteiger partial charge in [-0.1, -0.05) is 30.3 Å². The fourth-order valence-corrected chi connectivity index (χ4v) is 3.69. The molecule has 146 valence electrons. The molecule has 3 rings (SSSR count). The normalized spacial score (nSPS) is 10.7. The Morgan fingerprint density at radius 3 is 2.69 bits per heavy atom. The van der Waals surface area contributed by atoms with Crippen molar-refractivity contribution in [2.24, 2.45) is 0 Å². The van der Waals surface area contributed by atoms with E-state index < -0.39 is 11.9 Å². The van der Waals surface area contributed by atoms with E-state index in [0.29, 0.717) is 27.0 Å². The monoisotopic (exact) mass is 406 g/mol. The highest BCUT2D eigenvalue weighted by molar-refractivity contribution is 7.18. The van der Waals surface area contributed by atoms with Crippen LogP contribution < -0.4 is 5.32 Å². The zero-order valence-electron chi connectivity index (χ0n) is 15.9. The number of nitrogens with zero attached hydrogens (tertiary/aromatic N) is 1. The minimum atomic E-state index is -0.508. The van der Waals surface area contributed by atoms with Crippen LogP contribution in [0.25, 0.3) is 17.4 Å². The van der Waals surface area contributed by atoms with Crippen LogP contribution in [0.1, 0.15) is 33.5 Å². The summed E-state index contributed by atoms with van der Waals surface area (Å²) in [5, 5.41) is 12.3. The molecule has 0 aliphatic heterocycles. The van der Waals surface area contributed by atoms with Crippen LogP contribution >= 0.6 is 11.3 Å². The van der Waals surface area contributed by atoms with Crippen molar-refractivity contribution in [1.29, 1.82) is 5.26 Å². The van der Waals surface area contributed by atoms with Gasteiger partial charge >= 0.3 is 5.97 Å². The summed E-state index contributed by atoms with van der Waals surface area (Å²) < 4.78 is 10.7. The number of benzene rings is 1. The molecule has 2 aromatic heterocycles. The molecule has 0 saturated carbocycles. The number of rotatable bonds is 6. The second-order valence-electron chi connectivity index (χ2n) is 5.98. The van der Waals surface area contributed by atoms with Crippen LogP contribution in [-0.2, 0) is 9.53 Å². The van der Waals surface area contributed by atoms with Crippen LogP contribution in [0.5, 0.6) is 0 Å². The predicted molar refractivity (Wildman–Crippen MR) is 112 cm³/mol. The van der Waals surface area contributed by atoms with Gasteiger partial charge in [0.05, 0.1) is 12.2 Å². The molecule has 0 unspecified atom stereocenters. The molecule has 0 fully saturated rings. The highest BCUT2D eigenvalue weighted by atomic mass is 32.1. The van der Waals surface area contributed by atoms with Gasteiger partial charge in [-0.15, -0.1) is 11.3 Å². The summed E-state index contributed by atoms with van der Waals surface area (Å²) in [6, 6.07) is 15.2. The maximum absolute atomic E-state index is 12.3. The third-order valence-electron chi connectivity index (χ3n) is 4.04. The summed E-state index contributed by atoms with van der Waals surface area (Å²) in [6.45, 7) is 3.59. The first-order chi connectivity index (χ1) is 14.0. The standard InChI is InChI=1S/C22H18N2O4S/c1-3-27-22(26)20-14(2)17(13-23)21(29-20)24-19(25)12-10-16-9-11-18(28-16)15-7-5-4-6-8-15/h4-12H,3H2,1-2H3,(H,24,25)/b12-10+. The molecule has 0 radical (unpaired) electrons. The van der Waals surface area contributed by atoms with Crippen LogP contribution in [-0.4, -0.2) is 18.5 Å². The number of esters is 1. The number of hydrogen-bond acceptors (Lipinski definition) is 6. The van der Waals surface area contributed by atoms with Crippen LogP contribution in [0.2, 0.25) is 0 Å². The van der Waals surface area contributed by atoms with Crippen molar-refractivity contribution in [2.75, 3.05) is 11.9 Å². The molecule has 29 heavy (non-hydrogen) atoms. The zero-order valence-corrected chi connectivity index (χ0v) is 16.7. The fraction of sp³-hybridized carbons (Fsp3) is 0.136. The van der Waals surface area contributed by atoms with Crippen molar-refractivity contribution in [2.45, 2.75) is 13.8 Å². The number of nitriles is 1. The number of nitrogens with one attached hydrogen (secondary N) is 1. The Bertz CT molecular complexity index is 1100. The topological polar surface area (TPSA) is 92.3 Å². The Labute approximate surface area is 172 Å². The Hall–Kier alpha value is -3.63. The van der Waals surface area contributed by atoms with E-state index in [9.17, 15) is 14.9 Å². The molecule has 0 aliphatic rings. The SMILES string of the molecule is CCOC(=O)c1sc(NC(=O)/C=C/c2ccc(-c3ccccc3)o2)c(C#N)c1C. The minimum Gasteiger partial charge on any atom is -0.462 e. The molecule has 6 nitrogen and oxygen atoms in total. The number of carbonyl (C=O) groups excluding carboxylic acids is 2. The number of hydrogen-bond donors (Lipinski definition) is 1. The van der Waals surface area contributed by atoms with Crippen molar-refractivity contribution in [3.8, 4) is 17.4 Å². The number of furan rings is 1. The van der Waals surface area contributed by atoms with Gasteiger partial charge in [-0.25, -0.2) is 4.79 Å². The molecule has 0 saturated heterocycles. The number of amides is 1. The second-order valence-corrected chi connectivity index (χ2v) is 7.00. The molecule has 0 spiro atoms. The minimum absolute atomic E-state index is 0.233. The Morgan fingerprint density at radius 1 is 1.24 bits per heavy atom. The molecule has 1 N–H and O–H groups in total. The van der Waals surface area contributed by atoms with Gasteiger partial charge in [-0.05, 0) is 37.6 Å². The zero-order chi connectivity index (χ0) is 20.8. The first-order valence-corrected chi connectivity index (χ1v) is 9.70. The lowest BCUT2D eigenvalue weighted by atomic mass is 10.2. The summed E-state index contributed by atoms with van der Waals surface area (Å²) >= 11 is 1.02. The van der Waals surface area contributed by atoms with E-state index in [0.717, 1.165) is 16.9 Å². The van der Waals surface area contributed by atoms with Gasteiger partial charge in [0.15, 0.2) is 0 Å². The van der Waals surface area contributed by atoms with Gasteiger partial charge in [-0.2, -0.15) is 5.26 Å². The predicted octanol–water partition coefficient (Wildman–Crippen LogP) is 5.02. The molecular formula is C22H18N2O4S. The smallest absolute Gasteiger partial charge is 0.348 e. The first-order valence-electron chi connectivity index (χ1n) is 8.88. The Kier molecular flexibility index (Phi) is 6.27. The lowest BCUT2D eigenvalue weighted by Gasteiger charge is -1.99. The number of thiophene rings is 1. The maximum Gasteiger partial charge on any atom is 0.348 e. The third-order valence-corrected chi connectivity index (χ3v) is 5.23. The van der Waals surface area contributed by atoms with E-state index in [1.54, 1.807) is 26.0 Å². The van der Waals surface area contributed by atoms with Crippen molar-refractivity contribution in [3.63, 3.8) is 0 Å². The lowest BCUT2D eigenvalue weighted by molar-refractivity contribution is -0.111. The summed E-state index contributed by atoms with van der Waals surface area (Å²) in [5.74, 6) is 0.279. The highest BCUT2D eigenvalue weighted by Crippen LogP contribution is 2.33. The average molecular weight is 406 g/mol. The van der Waals surface area contributed by atoms with Crippen LogP contribution in [0.4, 0.5) is 5.00 Å². The molecule has 1 aromatic carbocycles. The van der Waals surface area contributed by atoms with Crippen LogP contribution in [0, 0.1) is 18.3 Å². The van der Waals surface area contributed by atoms with Gasteiger partial charge in [0.25, 0.3) is 0 Å². The van der Waals surface area contributed by atoms with E-state index in [1.165, 1.54) is 6.08 Å². The van der Waals surface area contributed by atoms with E-state index >= 15 is 0 Å². The van der Waals surface area contributed by atoms with Gasteiger partial charge in [0.1, 0.15) is 27.5 Å². The summed E-state index contributed by atoms with van der Waals surface area (Å²) in [4.78, 5) is 24.6. The van der Waals surface area contributed by atoms with Gasteiger partial charge in [0, 0.05) is 11.6 Å². The number of anilines is 1. The van der Waals surface area contributed by atoms with Gasteiger partial charge in [-0.3, -0.25) is 4.79 Å². The van der Waals surface area contributed by atoms with E-state index in [2.05, 4.69) is 5.32 Å². The Morgan fingerprint density at radius 2 is 2.00 bits per heavy atom. The first kappa shape index (κ1) is 20.1. The summed E-state index contributed by atoms with van der Waals surface area (Å²) in [6.07, 6.45) is 2.86. The van der Waals surface area contributed by atoms with Crippen molar-refractivity contribution in [3.05, 3.63) is 70.3 Å². The van der Waals surface area contributed by atoms with Gasteiger partial charge in [0.2, 0.25) is 5.91 Å². The maximum atomic E-state index is 12.3. The molecule has 0 atom stereocenters. The second kappa shape index (κ2) is 9.04. The van der Waals surface area contributed by atoms with E-state index in [-0.39, 0.29) is 12.2 Å². The lowest BCUT2D eigenvalue weighted by Crippen LogP contribution is -2.07. The molecule has 1 amide bonds. The molecule has 7 heteroatoms. The van der Waals surface area contributed by atoms with Crippen molar-refractivity contribution >= 4 is 34.3 Å². The molecule has 3 aromatic rings. The number of ether oxygens (including phenoxy) is 1. The van der Waals surface area contributed by atoms with Crippen LogP contribution in [0.15, 0.2) is 53.0 Å². The van der Waals surface area contributed by atoms with Gasteiger partial charge < -0.3 is 14.5 Å². The Balaban J connectivity index is 1.73. The van der Waals surface area contributed by atoms with Crippen LogP contribution in [0.3, 0.4) is 0 Å². The number of carbonyl (C=O) groups is 2. The van der Waals surface area contributed by atoms with Crippen molar-refractivity contribution < 1.29 is 18.7 Å². The third kappa shape index (κ3) is 4.62. The molecule has 2 heterocycles. The quantitative estimate of drug-likeness (QED) is 0.458. The fourth-order valence-electron chi connectivity index (χ4n) is 2.64. The highest BCUT2D eigenvalue weighted by Gasteiger charge is 2.21. The average Bonchev–Trinajstić information content (AvgIpc) is 3.32. The van der Waals surface area contributed by atoms with E-state index in [4.69, 9.17) is 9.15 Å². The summed E-state index contributed by atoms with van der Waals surface area (Å²) in [7, 11) is 0. The summed E-state index contributed by atoms with van der Waals surface area (Å²) in [5.41, 5.74) is 1.69. The molecule has 0 aliphatic carbocycles. The molecule has 0 bridgehead atoms.